The van der Waals surface area contributed by atoms with Gasteiger partial charge in [0.1, 0.15) is 24.4 Å². The van der Waals surface area contributed by atoms with Gasteiger partial charge in [-0.25, -0.2) is 19.9 Å². The Kier molecular flexibility index (Phi) is 13.4. The Balaban J connectivity index is 0.803. The first-order valence-electron chi connectivity index (χ1n) is 25.7. The van der Waals surface area contributed by atoms with Crippen LogP contribution in [0.4, 0.5) is 23.5 Å². The molecular formula is C48H66N18O6. The zero-order valence-corrected chi connectivity index (χ0v) is 40.7. The number of aliphatic hydroxyl groups excluding tert-OH is 4. The van der Waals surface area contributed by atoms with Crippen LogP contribution in [0.5, 0.6) is 0 Å². The van der Waals surface area contributed by atoms with E-state index in [1.807, 2.05) is 35.6 Å². The Bertz CT molecular complexity index is 2690. The Morgan fingerprint density at radius 3 is 1.33 bits per heavy atom. The number of aliphatic hydroxyl groups is 4. The van der Waals surface area contributed by atoms with Crippen LogP contribution >= 0.6 is 0 Å². The van der Waals surface area contributed by atoms with E-state index in [0.29, 0.717) is 84.6 Å². The molecule has 0 bridgehead atoms. The highest BCUT2D eigenvalue weighted by atomic mass is 16.3. The molecule has 11 rings (SSSR count). The lowest BCUT2D eigenvalue weighted by atomic mass is 9.84. The molecule has 5 aliphatic carbocycles. The molecule has 6 heterocycles. The van der Waals surface area contributed by atoms with E-state index in [4.69, 9.17) is 29.9 Å². The van der Waals surface area contributed by atoms with Crippen molar-refractivity contribution >= 4 is 57.7 Å². The zero-order valence-electron chi connectivity index (χ0n) is 40.7. The van der Waals surface area contributed by atoms with Gasteiger partial charge in [0.05, 0.1) is 60.9 Å². The van der Waals surface area contributed by atoms with Crippen molar-refractivity contribution in [1.29, 1.82) is 0 Å². The molecule has 0 unspecified atom stereocenters. The van der Waals surface area contributed by atoms with Gasteiger partial charge in [-0.2, -0.15) is 19.9 Å². The van der Waals surface area contributed by atoms with E-state index in [0.717, 1.165) is 75.6 Å². The van der Waals surface area contributed by atoms with Gasteiger partial charge in [0.15, 0.2) is 34.0 Å². The van der Waals surface area contributed by atoms with Gasteiger partial charge in [-0.15, -0.1) is 0 Å². The first kappa shape index (κ1) is 47.8. The van der Waals surface area contributed by atoms with Crippen molar-refractivity contribution in [3.05, 3.63) is 49.1 Å². The fraction of sp³-hybridized carbons (Fsp3) is 0.625. The molecule has 6 aromatic rings. The third-order valence-electron chi connectivity index (χ3n) is 15.7. The molecule has 72 heavy (non-hydrogen) atoms. The Morgan fingerprint density at radius 1 is 0.556 bits per heavy atom. The number of anilines is 4. The van der Waals surface area contributed by atoms with Crippen LogP contribution in [-0.2, 0) is 36.5 Å². The van der Waals surface area contributed by atoms with Gasteiger partial charge >= 0.3 is 0 Å². The number of rotatable bonds is 18. The minimum absolute atomic E-state index is 0.0270. The molecule has 5 saturated carbocycles. The van der Waals surface area contributed by atoms with Gasteiger partial charge in [-0.05, 0) is 64.2 Å². The fourth-order valence-electron chi connectivity index (χ4n) is 11.0. The van der Waals surface area contributed by atoms with Crippen LogP contribution in [0.1, 0.15) is 101 Å². The van der Waals surface area contributed by atoms with E-state index in [2.05, 4.69) is 41.9 Å². The summed E-state index contributed by atoms with van der Waals surface area (Å²) in [5, 5.41) is 65.1. The summed E-state index contributed by atoms with van der Waals surface area (Å²) in [4.78, 5) is 63.9. The number of hydrogen-bond acceptors (Lipinski definition) is 18. The first-order valence-corrected chi connectivity index (χ1v) is 25.7. The SMILES string of the molecule is Cn1cnc(CCNc2nc(NC3CCC(Nc4nc(NCCc5cn(C)cn5)nc5c4ncn5[C@@H]4C[C@H](NC(=O)C5CCC5)[C@@H](O)[C@H]4O)CC3)c3ncn([C@@H]4C[C@H](NC(=O)C5CCC5)[C@@H](O)[C@H]4O)c3n2)c1. The van der Waals surface area contributed by atoms with Gasteiger partial charge in [-0.3, -0.25) is 9.59 Å². The predicted molar refractivity (Wildman–Crippen MR) is 265 cm³/mol. The first-order chi connectivity index (χ1) is 34.9. The number of aryl methyl sites for hydroxylation is 2. The number of carbonyl (C=O) groups is 2. The summed E-state index contributed by atoms with van der Waals surface area (Å²) in [7, 11) is 3.86. The summed E-state index contributed by atoms with van der Waals surface area (Å²) >= 11 is 0. The maximum absolute atomic E-state index is 12.9. The van der Waals surface area contributed by atoms with E-state index < -0.39 is 48.6 Å². The van der Waals surface area contributed by atoms with E-state index in [1.54, 1.807) is 34.4 Å². The van der Waals surface area contributed by atoms with Gasteiger partial charge in [0.25, 0.3) is 0 Å². The zero-order chi connectivity index (χ0) is 49.6. The number of carbonyl (C=O) groups excluding carboxylic acids is 2. The standard InChI is InChI=1S/C48H66N18O6/c1-63-19-29(51-21-63)13-15-49-47-59-41(35-43(61-47)65(23-53-35)33-17-31(37(67)39(33)69)57-45(71)25-5-3-6-25)55-27-9-11-28(12-10-27)56-42-36-44(62-48(60-42)50-16-14-30-20-64(2)22-52-30)66(24-54-36)34-18-32(38(68)40(34)70)58-46(72)26-7-4-8-26/h19-28,31-34,37-40,67-70H,3-18H2,1-2H3,(H,57,71)(H,58,72)(H2,49,55,59,61)(H2,50,56,60,62)/t27?,28?,31-,32-,33+,34+,37+,38+,39-,40-/m0/s1. The molecule has 24 heteroatoms. The molecular weight excluding hydrogens is 925 g/mol. The highest BCUT2D eigenvalue weighted by Crippen LogP contribution is 2.38. The molecule has 0 spiro atoms. The van der Waals surface area contributed by atoms with E-state index in [1.165, 1.54) is 0 Å². The number of hydrogen-bond donors (Lipinski definition) is 10. The highest BCUT2D eigenvalue weighted by Gasteiger charge is 2.46. The average molecular weight is 991 g/mol. The normalized spacial score (nSPS) is 27.7. The summed E-state index contributed by atoms with van der Waals surface area (Å²) in [6, 6.07) is -2.34. The maximum Gasteiger partial charge on any atom is 0.226 e. The lowest BCUT2D eigenvalue weighted by Gasteiger charge is -2.30. The van der Waals surface area contributed by atoms with E-state index >= 15 is 0 Å². The molecule has 5 aliphatic rings. The number of nitrogens with one attached hydrogen (secondary N) is 6. The fourth-order valence-corrected chi connectivity index (χ4v) is 11.0. The van der Waals surface area contributed by atoms with Crippen LogP contribution in [0, 0.1) is 11.8 Å². The lowest BCUT2D eigenvalue weighted by molar-refractivity contribution is -0.129. The number of aromatic nitrogens is 12. The third-order valence-corrected chi connectivity index (χ3v) is 15.7. The second kappa shape index (κ2) is 20.2. The van der Waals surface area contributed by atoms with Crippen LogP contribution in [0.15, 0.2) is 37.7 Å². The van der Waals surface area contributed by atoms with Gasteiger partial charge in [0, 0.05) is 76.3 Å². The third kappa shape index (κ3) is 9.75. The number of amides is 2. The van der Waals surface area contributed by atoms with Crippen molar-refractivity contribution < 1.29 is 30.0 Å². The monoisotopic (exact) mass is 991 g/mol. The van der Waals surface area contributed by atoms with Crippen LogP contribution in [0.25, 0.3) is 22.3 Å². The van der Waals surface area contributed by atoms with Gasteiger partial charge in [0.2, 0.25) is 23.7 Å². The maximum atomic E-state index is 12.9. The summed E-state index contributed by atoms with van der Waals surface area (Å²) < 4.78 is 7.40. The molecule has 0 aromatic carbocycles. The largest absolute Gasteiger partial charge is 0.388 e. The van der Waals surface area contributed by atoms with Crippen molar-refractivity contribution in [2.24, 2.45) is 25.9 Å². The van der Waals surface area contributed by atoms with Crippen LogP contribution < -0.4 is 31.9 Å². The number of fused-ring (bicyclic) bond motifs is 2. The average Bonchev–Trinajstić information content (AvgIpc) is 4.20. The number of nitrogens with zero attached hydrogens (tertiary/aromatic N) is 12. The molecule has 0 aliphatic heterocycles. The van der Waals surface area contributed by atoms with Gasteiger partial charge < -0.3 is 70.6 Å². The Morgan fingerprint density at radius 2 is 0.972 bits per heavy atom. The van der Waals surface area contributed by atoms with Crippen molar-refractivity contribution in [1.82, 2.24) is 68.8 Å². The van der Waals surface area contributed by atoms with Crippen LogP contribution in [0.3, 0.4) is 0 Å². The van der Waals surface area contributed by atoms with Crippen LogP contribution in [-0.4, -0.2) is 152 Å². The smallest absolute Gasteiger partial charge is 0.226 e. The van der Waals surface area contributed by atoms with Crippen molar-refractivity contribution in [3.8, 4) is 0 Å². The molecule has 2 amide bonds. The second-order valence-corrected chi connectivity index (χ2v) is 20.7. The second-order valence-electron chi connectivity index (χ2n) is 20.7. The summed E-state index contributed by atoms with van der Waals surface area (Å²) in [5.41, 5.74) is 3.90. The van der Waals surface area contributed by atoms with Gasteiger partial charge in [-0.1, -0.05) is 12.8 Å². The van der Waals surface area contributed by atoms with Crippen molar-refractivity contribution in [2.45, 2.75) is 151 Å². The Labute approximate surface area is 415 Å². The van der Waals surface area contributed by atoms with E-state index in [-0.39, 0.29) is 35.7 Å². The molecule has 6 aromatic heterocycles. The molecule has 0 radical (unpaired) electrons. The molecule has 24 nitrogen and oxygen atoms in total. The minimum Gasteiger partial charge on any atom is -0.388 e. The predicted octanol–water partition coefficient (Wildman–Crippen LogP) is 1.48. The molecule has 8 atom stereocenters. The van der Waals surface area contributed by atoms with Crippen LogP contribution in [0.2, 0.25) is 0 Å². The topological polar surface area (TPSA) is 310 Å². The quantitative estimate of drug-likeness (QED) is 0.0583. The molecule has 10 N–H and O–H groups in total. The summed E-state index contributed by atoms with van der Waals surface area (Å²) in [6.45, 7) is 1.04. The highest BCUT2D eigenvalue weighted by molar-refractivity contribution is 5.86. The summed E-state index contributed by atoms with van der Waals surface area (Å²) in [6.07, 6.45) is 16.5. The Hall–Kier alpha value is -6.50. The molecule has 384 valence electrons. The summed E-state index contributed by atoms with van der Waals surface area (Å²) in [5.74, 6) is 1.60. The van der Waals surface area contributed by atoms with Crippen molar-refractivity contribution in [2.75, 3.05) is 34.4 Å². The lowest BCUT2D eigenvalue weighted by Crippen LogP contribution is -2.46. The number of imidazole rings is 4. The molecule has 0 saturated heterocycles. The van der Waals surface area contributed by atoms with E-state index in [9.17, 15) is 30.0 Å². The molecule has 5 fully saturated rings. The minimum atomic E-state index is -1.16. The van der Waals surface area contributed by atoms with Crippen molar-refractivity contribution in [3.63, 3.8) is 0 Å².